The molecule has 2 saturated carbocycles. The van der Waals surface area contributed by atoms with Crippen LogP contribution in [0.3, 0.4) is 0 Å². The summed E-state index contributed by atoms with van der Waals surface area (Å²) in [6, 6.07) is 0. The number of carbonyl (C=O) groups excluding carboxylic acids is 2. The Morgan fingerprint density at radius 3 is 2.04 bits per heavy atom. The Hall–Kier alpha value is -1.42. The molecule has 2 rings (SSSR count). The molecule has 0 aromatic carbocycles. The van der Waals surface area contributed by atoms with Crippen LogP contribution in [0.5, 0.6) is 0 Å². The largest absolute Gasteiger partial charge is 0.459 e. The van der Waals surface area contributed by atoms with Crippen molar-refractivity contribution in [1.82, 2.24) is 0 Å². The molecule has 0 aromatic rings. The van der Waals surface area contributed by atoms with Crippen molar-refractivity contribution in [2.45, 2.75) is 64.6 Å². The van der Waals surface area contributed by atoms with Gasteiger partial charge in [-0.05, 0) is 69.8 Å². The van der Waals surface area contributed by atoms with E-state index in [4.69, 9.17) is 9.47 Å². The topological polar surface area (TPSA) is 52.6 Å². The normalized spacial score (nSPS) is 30.2. The summed E-state index contributed by atoms with van der Waals surface area (Å²) in [6.45, 7) is 10.8. The number of fused-ring (bicyclic) bond motifs is 1. The fourth-order valence-corrected chi connectivity index (χ4v) is 3.63. The van der Waals surface area contributed by atoms with Gasteiger partial charge in [0.15, 0.2) is 5.78 Å². The van der Waals surface area contributed by atoms with E-state index in [0.717, 1.165) is 38.5 Å². The first-order valence-electron chi connectivity index (χ1n) is 8.53. The third kappa shape index (κ3) is 5.03. The van der Waals surface area contributed by atoms with E-state index in [9.17, 15) is 9.59 Å². The van der Waals surface area contributed by atoms with Crippen molar-refractivity contribution >= 4 is 11.8 Å². The highest BCUT2D eigenvalue weighted by atomic mass is 16.5. The lowest BCUT2D eigenvalue weighted by molar-refractivity contribution is -0.148. The number of hydrogen-bond donors (Lipinski definition) is 0. The van der Waals surface area contributed by atoms with Crippen molar-refractivity contribution in [2.75, 3.05) is 6.61 Å². The number of hydrogen-bond acceptors (Lipinski definition) is 4. The average Bonchev–Trinajstić information content (AvgIpc) is 2.52. The maximum atomic E-state index is 11.6. The molecule has 0 heterocycles. The number of carbonyl (C=O) groups is 2. The summed E-state index contributed by atoms with van der Waals surface area (Å²) in [4.78, 5) is 23.2. The van der Waals surface area contributed by atoms with E-state index < -0.39 is 0 Å². The van der Waals surface area contributed by atoms with Gasteiger partial charge in [-0.15, -0.1) is 0 Å². The van der Waals surface area contributed by atoms with Crippen molar-refractivity contribution in [3.05, 3.63) is 24.3 Å². The zero-order valence-electron chi connectivity index (χ0n) is 14.3. The average molecular weight is 320 g/mol. The van der Waals surface area contributed by atoms with Gasteiger partial charge in [0, 0.05) is 5.57 Å². The van der Waals surface area contributed by atoms with Gasteiger partial charge in [-0.1, -0.05) is 13.2 Å². The summed E-state index contributed by atoms with van der Waals surface area (Å²) in [5, 5.41) is 0. The number of rotatable bonds is 6. The summed E-state index contributed by atoms with van der Waals surface area (Å²) < 4.78 is 11.3. The lowest BCUT2D eigenvalue weighted by Gasteiger charge is -2.41. The molecular formula is C19H28O4. The SMILES string of the molecule is C=C(C)C(=O)COC1CCC2CC(OC(=O)C(=C)C)CCC2C1. The summed E-state index contributed by atoms with van der Waals surface area (Å²) >= 11 is 0. The second kappa shape index (κ2) is 7.91. The van der Waals surface area contributed by atoms with Gasteiger partial charge in [-0.25, -0.2) is 4.79 Å². The van der Waals surface area contributed by atoms with Crippen molar-refractivity contribution in [3.63, 3.8) is 0 Å². The Bertz CT molecular complexity index is 494. The molecular weight excluding hydrogens is 292 g/mol. The Kier molecular flexibility index (Phi) is 6.17. The summed E-state index contributed by atoms with van der Waals surface area (Å²) in [6.07, 6.45) is 6.20. The zero-order chi connectivity index (χ0) is 17.0. The van der Waals surface area contributed by atoms with Crippen molar-refractivity contribution in [1.29, 1.82) is 0 Å². The van der Waals surface area contributed by atoms with Gasteiger partial charge in [0.1, 0.15) is 12.7 Å². The predicted octanol–water partition coefficient (Wildman–Crippen LogP) is 3.60. The number of ketones is 1. The molecule has 4 heteroatoms. The Morgan fingerprint density at radius 1 is 0.913 bits per heavy atom. The fourth-order valence-electron chi connectivity index (χ4n) is 3.63. The van der Waals surface area contributed by atoms with Crippen LogP contribution in [0.15, 0.2) is 24.3 Å². The first kappa shape index (κ1) is 17.9. The highest BCUT2D eigenvalue weighted by molar-refractivity contribution is 5.95. The summed E-state index contributed by atoms with van der Waals surface area (Å²) in [5.74, 6) is 0.933. The number of esters is 1. The van der Waals surface area contributed by atoms with Crippen LogP contribution in [-0.2, 0) is 19.1 Å². The maximum Gasteiger partial charge on any atom is 0.333 e. The monoisotopic (exact) mass is 320 g/mol. The Labute approximate surface area is 138 Å². The lowest BCUT2D eigenvalue weighted by Crippen LogP contribution is -2.37. The zero-order valence-corrected chi connectivity index (χ0v) is 14.3. The molecule has 4 atom stereocenters. The Balaban J connectivity index is 1.77. The van der Waals surface area contributed by atoms with Crippen LogP contribution >= 0.6 is 0 Å². The molecule has 0 radical (unpaired) electrons. The van der Waals surface area contributed by atoms with E-state index in [1.165, 1.54) is 0 Å². The molecule has 2 aliphatic carbocycles. The molecule has 4 unspecified atom stereocenters. The number of ether oxygens (including phenoxy) is 2. The van der Waals surface area contributed by atoms with E-state index in [2.05, 4.69) is 13.2 Å². The maximum absolute atomic E-state index is 11.6. The van der Waals surface area contributed by atoms with E-state index in [1.807, 2.05) is 0 Å². The van der Waals surface area contributed by atoms with E-state index >= 15 is 0 Å². The van der Waals surface area contributed by atoms with E-state index in [0.29, 0.717) is 23.0 Å². The molecule has 4 nitrogen and oxygen atoms in total. The second-order valence-corrected chi connectivity index (χ2v) is 7.09. The minimum absolute atomic E-state index is 0.0115. The predicted molar refractivity (Wildman–Crippen MR) is 88.9 cm³/mol. The second-order valence-electron chi connectivity index (χ2n) is 7.09. The van der Waals surface area contributed by atoms with Gasteiger partial charge in [0.2, 0.25) is 0 Å². The van der Waals surface area contributed by atoms with Crippen molar-refractivity contribution in [3.8, 4) is 0 Å². The summed E-state index contributed by atoms with van der Waals surface area (Å²) in [5.41, 5.74) is 1.02. The van der Waals surface area contributed by atoms with Crippen LogP contribution in [0.4, 0.5) is 0 Å². The third-order valence-electron chi connectivity index (χ3n) is 5.07. The molecule has 0 N–H and O–H groups in total. The highest BCUT2D eigenvalue weighted by Gasteiger charge is 2.37. The highest BCUT2D eigenvalue weighted by Crippen LogP contribution is 2.42. The van der Waals surface area contributed by atoms with Crippen LogP contribution in [0.2, 0.25) is 0 Å². The molecule has 0 amide bonds. The van der Waals surface area contributed by atoms with Crippen LogP contribution < -0.4 is 0 Å². The van der Waals surface area contributed by atoms with Gasteiger partial charge < -0.3 is 9.47 Å². The van der Waals surface area contributed by atoms with Gasteiger partial charge in [0.05, 0.1) is 6.10 Å². The van der Waals surface area contributed by atoms with E-state index in [-0.39, 0.29) is 30.6 Å². The molecule has 2 aliphatic rings. The van der Waals surface area contributed by atoms with Crippen molar-refractivity contribution in [2.24, 2.45) is 11.8 Å². The number of Topliss-reactive ketones (excluding diaryl/α,β-unsaturated/α-hetero) is 1. The first-order chi connectivity index (χ1) is 10.9. The molecule has 0 bridgehead atoms. The fraction of sp³-hybridized carbons (Fsp3) is 0.684. The summed E-state index contributed by atoms with van der Waals surface area (Å²) in [7, 11) is 0. The van der Waals surface area contributed by atoms with Crippen LogP contribution in [-0.4, -0.2) is 30.6 Å². The molecule has 0 aliphatic heterocycles. The molecule has 0 spiro atoms. The standard InChI is InChI=1S/C19H28O4/c1-12(2)18(20)11-22-16-7-5-15-10-17(8-6-14(15)9-16)23-19(21)13(3)4/h14-17H,1,3,5-11H2,2,4H3. The minimum Gasteiger partial charge on any atom is -0.459 e. The molecule has 128 valence electrons. The smallest absolute Gasteiger partial charge is 0.333 e. The van der Waals surface area contributed by atoms with Crippen LogP contribution in [0, 0.1) is 11.8 Å². The molecule has 2 fully saturated rings. The van der Waals surface area contributed by atoms with Gasteiger partial charge >= 0.3 is 5.97 Å². The molecule has 0 saturated heterocycles. The van der Waals surface area contributed by atoms with E-state index in [1.54, 1.807) is 13.8 Å². The first-order valence-corrected chi connectivity index (χ1v) is 8.53. The van der Waals surface area contributed by atoms with Crippen molar-refractivity contribution < 1.29 is 19.1 Å². The van der Waals surface area contributed by atoms with Gasteiger partial charge in [-0.2, -0.15) is 0 Å². The van der Waals surface area contributed by atoms with Gasteiger partial charge in [0.25, 0.3) is 0 Å². The Morgan fingerprint density at radius 2 is 1.48 bits per heavy atom. The van der Waals surface area contributed by atoms with Crippen LogP contribution in [0.25, 0.3) is 0 Å². The lowest BCUT2D eigenvalue weighted by atomic mass is 9.69. The van der Waals surface area contributed by atoms with Gasteiger partial charge in [-0.3, -0.25) is 4.79 Å². The third-order valence-corrected chi connectivity index (χ3v) is 5.07. The quantitative estimate of drug-likeness (QED) is 0.554. The molecule has 23 heavy (non-hydrogen) atoms. The van der Waals surface area contributed by atoms with Crippen LogP contribution in [0.1, 0.15) is 52.4 Å². The molecule has 0 aromatic heterocycles. The minimum atomic E-state index is -0.274.